The zero-order valence-electron chi connectivity index (χ0n) is 5.62. The molecule has 4 N–H and O–H groups in total. The summed E-state index contributed by atoms with van der Waals surface area (Å²) in [6, 6.07) is 0. The lowest BCUT2D eigenvalue weighted by Gasteiger charge is -1.93. The Bertz CT molecular complexity index is 44.2. The molecule has 0 amide bonds. The van der Waals surface area contributed by atoms with Gasteiger partial charge in [-0.2, -0.15) is 0 Å². The average Bonchev–Trinajstić information content (AvgIpc) is 1.81. The van der Waals surface area contributed by atoms with E-state index in [0.717, 1.165) is 24.6 Å². The highest BCUT2D eigenvalue weighted by atomic mass is 127. The van der Waals surface area contributed by atoms with E-state index in [2.05, 4.69) is 0 Å². The Balaban J connectivity index is -0.000000245. The summed E-state index contributed by atoms with van der Waals surface area (Å²) in [4.78, 5) is 0. The molecule has 0 spiro atoms. The van der Waals surface area contributed by atoms with Crippen LogP contribution >= 0.6 is 69.5 Å². The number of nitrogens with two attached hydrogens (primary N) is 2. The highest BCUT2D eigenvalue weighted by Crippen LogP contribution is 2.18. The highest BCUT2D eigenvalue weighted by molar-refractivity contribution is 14.0. The van der Waals surface area contributed by atoms with Crippen LogP contribution in [0.4, 0.5) is 0 Å². The molecule has 0 aromatic rings. The molecule has 0 aromatic heterocycles. The molecule has 0 bridgehead atoms. The van der Waals surface area contributed by atoms with Crippen LogP contribution in [0.15, 0.2) is 0 Å². The molecule has 0 atom stereocenters. The smallest absolute Gasteiger partial charge is 0.0160 e. The molecule has 0 radical (unpaired) electrons. The van der Waals surface area contributed by atoms with Gasteiger partial charge in [0.2, 0.25) is 0 Å². The maximum atomic E-state index is 5.25. The minimum Gasteiger partial charge on any atom is -0.330 e. The van der Waals surface area contributed by atoms with Gasteiger partial charge in [0.25, 0.3) is 0 Å². The van der Waals surface area contributed by atoms with Gasteiger partial charge >= 0.3 is 0 Å². The van der Waals surface area contributed by atoms with E-state index in [1.807, 2.05) is 0 Å². The lowest BCUT2D eigenvalue weighted by molar-refractivity contribution is 1.15. The Labute approximate surface area is 104 Å². The molecule has 0 fully saturated rings. The first-order valence-corrected chi connectivity index (χ1v) is 5.05. The monoisotopic (exact) mass is 408 g/mol. The van der Waals surface area contributed by atoms with E-state index in [0.29, 0.717) is 0 Å². The minimum atomic E-state index is 0. The third-order valence-corrected chi connectivity index (χ3v) is 2.96. The second-order valence-corrected chi connectivity index (χ2v) is 3.92. The van der Waals surface area contributed by atoms with E-state index in [1.165, 1.54) is 0 Å². The second kappa shape index (κ2) is 17.2. The van der Waals surface area contributed by atoms with Crippen LogP contribution in [0.25, 0.3) is 0 Å². The Morgan fingerprint density at radius 3 is 1.30 bits per heavy atom. The molecule has 0 unspecified atom stereocenters. The maximum absolute atomic E-state index is 5.25. The standard InChI is InChI=1S/C4H12N2S2.2HI/c5-1-3-7-8-4-2-6;;/h1-6H2;2*1H. The lowest BCUT2D eigenvalue weighted by Crippen LogP contribution is -2.02. The molecule has 6 heteroatoms. The van der Waals surface area contributed by atoms with Crippen molar-refractivity contribution in [1.82, 2.24) is 0 Å². The van der Waals surface area contributed by atoms with Crippen molar-refractivity contribution in [3.05, 3.63) is 0 Å². The van der Waals surface area contributed by atoms with Crippen LogP contribution in [-0.4, -0.2) is 24.6 Å². The van der Waals surface area contributed by atoms with Gasteiger partial charge in [-0.3, -0.25) is 0 Å². The van der Waals surface area contributed by atoms with Gasteiger partial charge < -0.3 is 11.5 Å². The van der Waals surface area contributed by atoms with Gasteiger partial charge in [0.15, 0.2) is 0 Å². The molecule has 0 rings (SSSR count). The quantitative estimate of drug-likeness (QED) is 0.412. The van der Waals surface area contributed by atoms with Crippen molar-refractivity contribution < 1.29 is 0 Å². The first-order chi connectivity index (χ1) is 3.91. The van der Waals surface area contributed by atoms with Crippen LogP contribution in [-0.2, 0) is 0 Å². The van der Waals surface area contributed by atoms with Gasteiger partial charge in [0.05, 0.1) is 0 Å². The number of rotatable bonds is 5. The van der Waals surface area contributed by atoms with Crippen molar-refractivity contribution in [1.29, 1.82) is 0 Å². The molecule has 66 valence electrons. The average molecular weight is 408 g/mol. The van der Waals surface area contributed by atoms with Crippen LogP contribution in [0.3, 0.4) is 0 Å². The Kier molecular flexibility index (Phi) is 31.0. The van der Waals surface area contributed by atoms with E-state index >= 15 is 0 Å². The third-order valence-electron chi connectivity index (χ3n) is 0.486. The Morgan fingerprint density at radius 1 is 0.800 bits per heavy atom. The first-order valence-electron chi connectivity index (χ1n) is 2.56. The molecular formula is C4H14I2N2S2. The summed E-state index contributed by atoms with van der Waals surface area (Å²) in [6.07, 6.45) is 0. The molecule has 0 saturated heterocycles. The Hall–Kier alpha value is 2.08. The van der Waals surface area contributed by atoms with Crippen LogP contribution < -0.4 is 11.5 Å². The topological polar surface area (TPSA) is 52.0 Å². The van der Waals surface area contributed by atoms with Gasteiger partial charge in [-0.1, -0.05) is 21.6 Å². The van der Waals surface area contributed by atoms with Crippen molar-refractivity contribution in [2.75, 3.05) is 24.6 Å². The van der Waals surface area contributed by atoms with Crippen LogP contribution in [0.1, 0.15) is 0 Å². The molecule has 0 heterocycles. The largest absolute Gasteiger partial charge is 0.330 e. The predicted molar refractivity (Wildman–Crippen MR) is 73.9 cm³/mol. The first kappa shape index (κ1) is 18.0. The number of hydrogen-bond donors (Lipinski definition) is 2. The van der Waals surface area contributed by atoms with Crippen LogP contribution in [0.5, 0.6) is 0 Å². The summed E-state index contributed by atoms with van der Waals surface area (Å²) in [5.41, 5.74) is 10.5. The van der Waals surface area contributed by atoms with Gasteiger partial charge in [-0.25, -0.2) is 0 Å². The summed E-state index contributed by atoms with van der Waals surface area (Å²) in [5, 5.41) is 0. The molecular weight excluding hydrogens is 394 g/mol. The van der Waals surface area contributed by atoms with Crippen molar-refractivity contribution >= 4 is 69.5 Å². The maximum Gasteiger partial charge on any atom is 0.0160 e. The van der Waals surface area contributed by atoms with E-state index in [4.69, 9.17) is 11.5 Å². The van der Waals surface area contributed by atoms with E-state index in [1.54, 1.807) is 21.6 Å². The number of hydrogen-bond acceptors (Lipinski definition) is 4. The minimum absolute atomic E-state index is 0. The van der Waals surface area contributed by atoms with Gasteiger partial charge in [0.1, 0.15) is 0 Å². The van der Waals surface area contributed by atoms with Crippen molar-refractivity contribution in [2.24, 2.45) is 11.5 Å². The zero-order valence-corrected chi connectivity index (χ0v) is 11.9. The molecule has 0 saturated carbocycles. The van der Waals surface area contributed by atoms with Crippen LogP contribution in [0, 0.1) is 0 Å². The zero-order chi connectivity index (χ0) is 6.24. The summed E-state index contributed by atoms with van der Waals surface area (Å²) in [7, 11) is 3.58. The fourth-order valence-corrected chi connectivity index (χ4v) is 1.93. The Morgan fingerprint density at radius 2 is 1.10 bits per heavy atom. The van der Waals surface area contributed by atoms with Crippen molar-refractivity contribution in [3.8, 4) is 0 Å². The SMILES string of the molecule is I.I.NCCSSCCN. The number of halogens is 2. The predicted octanol–water partition coefficient (Wildman–Crippen LogP) is 1.52. The third kappa shape index (κ3) is 16.6. The van der Waals surface area contributed by atoms with Crippen LogP contribution in [0.2, 0.25) is 0 Å². The van der Waals surface area contributed by atoms with Gasteiger partial charge in [-0.15, -0.1) is 48.0 Å². The summed E-state index contributed by atoms with van der Waals surface area (Å²) in [5.74, 6) is 2.06. The molecule has 2 nitrogen and oxygen atoms in total. The van der Waals surface area contributed by atoms with Crippen molar-refractivity contribution in [2.45, 2.75) is 0 Å². The molecule has 0 aliphatic heterocycles. The lowest BCUT2D eigenvalue weighted by atomic mass is 10.8. The summed E-state index contributed by atoms with van der Waals surface area (Å²) >= 11 is 0. The summed E-state index contributed by atoms with van der Waals surface area (Å²) < 4.78 is 0. The fraction of sp³-hybridized carbons (Fsp3) is 1.00. The second-order valence-electron chi connectivity index (χ2n) is 1.22. The normalized spacial score (nSPS) is 7.80. The highest BCUT2D eigenvalue weighted by Gasteiger charge is 1.84. The van der Waals surface area contributed by atoms with Gasteiger partial charge in [-0.05, 0) is 0 Å². The van der Waals surface area contributed by atoms with E-state index in [-0.39, 0.29) is 48.0 Å². The van der Waals surface area contributed by atoms with Gasteiger partial charge in [0, 0.05) is 24.6 Å². The van der Waals surface area contributed by atoms with E-state index < -0.39 is 0 Å². The molecule has 0 aliphatic carbocycles. The molecule has 0 aliphatic rings. The molecule has 0 aromatic carbocycles. The summed E-state index contributed by atoms with van der Waals surface area (Å²) in [6.45, 7) is 1.53. The molecule has 10 heavy (non-hydrogen) atoms. The fourth-order valence-electron chi connectivity index (χ4n) is 0.214. The van der Waals surface area contributed by atoms with Crippen molar-refractivity contribution in [3.63, 3.8) is 0 Å². The van der Waals surface area contributed by atoms with E-state index in [9.17, 15) is 0 Å².